The summed E-state index contributed by atoms with van der Waals surface area (Å²) in [6, 6.07) is 7.82. The average Bonchev–Trinajstić information content (AvgIpc) is 2.89. The Morgan fingerprint density at radius 3 is 2.00 bits per heavy atom. The topological polar surface area (TPSA) is 67.8 Å². The molecule has 1 saturated heterocycles. The van der Waals surface area contributed by atoms with Crippen LogP contribution in [0.25, 0.3) is 0 Å². The van der Waals surface area contributed by atoms with Gasteiger partial charge in [0.25, 0.3) is 5.60 Å². The summed E-state index contributed by atoms with van der Waals surface area (Å²) in [5, 5.41) is 14.8. The number of nitrogens with zero attached hydrogens (tertiary/aromatic N) is 2. The van der Waals surface area contributed by atoms with Crippen molar-refractivity contribution < 1.29 is 40.6 Å². The third-order valence-electron chi connectivity index (χ3n) is 8.00. The average molecular weight is 607 g/mol. The monoisotopic (exact) mass is 606 g/mol. The van der Waals surface area contributed by atoms with E-state index in [0.29, 0.717) is 50.3 Å². The van der Waals surface area contributed by atoms with Gasteiger partial charge in [-0.1, -0.05) is 30.3 Å². The molecule has 42 heavy (non-hydrogen) atoms. The van der Waals surface area contributed by atoms with Crippen LogP contribution in [-0.2, 0) is 18.6 Å². The third-order valence-corrected chi connectivity index (χ3v) is 8.00. The molecular weight excluding hydrogens is 569 g/mol. The number of hydrogen-bond donors (Lipinski definition) is 3. The molecule has 0 radical (unpaired) electrons. The van der Waals surface area contributed by atoms with Gasteiger partial charge in [-0.05, 0) is 89.5 Å². The number of halogens is 7. The van der Waals surface area contributed by atoms with Crippen molar-refractivity contribution >= 4 is 11.7 Å². The number of aliphatic hydroxyl groups is 1. The van der Waals surface area contributed by atoms with Crippen LogP contribution >= 0.6 is 0 Å². The van der Waals surface area contributed by atoms with Crippen molar-refractivity contribution in [3.8, 4) is 0 Å². The Hall–Kier alpha value is -2.90. The number of carbonyl (C=O) groups is 1. The summed E-state index contributed by atoms with van der Waals surface area (Å²) in [5.74, 6) is -0.287. The standard InChI is InChI=1S/C29H37F7N4O2/c1-26(2,39(3)4)18-37-25(41)38-24-10-7-21(16-23(24)30)15-19-11-13-40(14-12-19)17-20-5-8-22(9-6-20)27(42,28(31,32)33)29(34,35)36/h5-10,16,19,42H,11-15,17-18H2,1-4H3,(H2,37,38,41). The number of piperidine rings is 1. The molecule has 13 heteroatoms. The Balaban J connectivity index is 1.51. The lowest BCUT2D eigenvalue weighted by atomic mass is 9.89. The quantitative estimate of drug-likeness (QED) is 0.304. The molecular formula is C29H37F7N4O2. The molecule has 0 saturated carbocycles. The van der Waals surface area contributed by atoms with Crippen LogP contribution < -0.4 is 10.6 Å². The Bertz CT molecular complexity index is 1190. The molecule has 0 bridgehead atoms. The number of urea groups is 1. The summed E-state index contributed by atoms with van der Waals surface area (Å²) in [6.45, 7) is 5.92. The van der Waals surface area contributed by atoms with E-state index >= 15 is 0 Å². The Labute approximate surface area is 240 Å². The minimum atomic E-state index is -5.92. The number of benzene rings is 2. The predicted molar refractivity (Wildman–Crippen MR) is 145 cm³/mol. The van der Waals surface area contributed by atoms with Crippen molar-refractivity contribution in [2.24, 2.45) is 5.92 Å². The van der Waals surface area contributed by atoms with Gasteiger partial charge in [-0.25, -0.2) is 9.18 Å². The Morgan fingerprint density at radius 1 is 0.952 bits per heavy atom. The van der Waals surface area contributed by atoms with E-state index in [2.05, 4.69) is 10.6 Å². The highest BCUT2D eigenvalue weighted by molar-refractivity contribution is 5.89. The van der Waals surface area contributed by atoms with Crippen molar-refractivity contribution in [1.82, 2.24) is 15.1 Å². The number of alkyl halides is 6. The van der Waals surface area contributed by atoms with Gasteiger partial charge in [-0.2, -0.15) is 26.3 Å². The second-order valence-corrected chi connectivity index (χ2v) is 11.7. The first-order chi connectivity index (χ1) is 19.3. The SMILES string of the molecule is CN(C)C(C)(C)CNC(=O)Nc1ccc(CC2CCN(Cc3ccc(C(O)(C(F)(F)F)C(F)(F)F)cc3)CC2)cc1F. The molecule has 6 nitrogen and oxygen atoms in total. The van der Waals surface area contributed by atoms with E-state index in [4.69, 9.17) is 0 Å². The molecule has 3 N–H and O–H groups in total. The summed E-state index contributed by atoms with van der Waals surface area (Å²) < 4.78 is 93.4. The summed E-state index contributed by atoms with van der Waals surface area (Å²) >= 11 is 0. The van der Waals surface area contributed by atoms with Crippen molar-refractivity contribution in [2.45, 2.75) is 63.1 Å². The number of likely N-dealkylation sites (N-methyl/N-ethyl adjacent to an activating group) is 1. The molecule has 2 amide bonds. The number of amides is 2. The normalized spacial score (nSPS) is 16.1. The second kappa shape index (κ2) is 12.8. The third kappa shape index (κ3) is 7.93. The number of rotatable bonds is 9. The molecule has 2 aromatic rings. The minimum absolute atomic E-state index is 0.0728. The van der Waals surface area contributed by atoms with Gasteiger partial charge in [0.2, 0.25) is 0 Å². The summed E-state index contributed by atoms with van der Waals surface area (Å²) in [6.07, 6.45) is -9.69. The van der Waals surface area contributed by atoms with Crippen LogP contribution in [0.4, 0.5) is 41.2 Å². The number of anilines is 1. The van der Waals surface area contributed by atoms with Gasteiger partial charge in [0.05, 0.1) is 5.69 Å². The van der Waals surface area contributed by atoms with Crippen molar-refractivity contribution in [2.75, 3.05) is 39.0 Å². The zero-order valence-electron chi connectivity index (χ0n) is 24.0. The van der Waals surface area contributed by atoms with Crippen LogP contribution in [0.1, 0.15) is 43.4 Å². The summed E-state index contributed by atoms with van der Waals surface area (Å²) in [4.78, 5) is 16.2. The highest BCUT2D eigenvalue weighted by Crippen LogP contribution is 2.50. The molecule has 2 aromatic carbocycles. The van der Waals surface area contributed by atoms with Crippen molar-refractivity contribution in [3.63, 3.8) is 0 Å². The Morgan fingerprint density at radius 2 is 1.50 bits per heavy atom. The molecule has 1 aliphatic rings. The largest absolute Gasteiger partial charge is 0.430 e. The highest BCUT2D eigenvalue weighted by atomic mass is 19.4. The highest BCUT2D eigenvalue weighted by Gasteiger charge is 2.71. The fraction of sp³-hybridized carbons (Fsp3) is 0.552. The molecule has 0 aliphatic carbocycles. The number of nitrogens with one attached hydrogen (secondary N) is 2. The Kier molecular flexibility index (Phi) is 10.2. The van der Waals surface area contributed by atoms with Gasteiger partial charge < -0.3 is 20.6 Å². The number of hydrogen-bond acceptors (Lipinski definition) is 4. The van der Waals surface area contributed by atoms with E-state index in [0.717, 1.165) is 30.5 Å². The molecule has 3 rings (SSSR count). The molecule has 0 atom stereocenters. The zero-order valence-corrected chi connectivity index (χ0v) is 24.0. The van der Waals surface area contributed by atoms with E-state index in [9.17, 15) is 40.6 Å². The lowest BCUT2D eigenvalue weighted by Gasteiger charge is -2.33. The number of likely N-dealkylation sites (tertiary alicyclic amines) is 1. The predicted octanol–water partition coefficient (Wildman–Crippen LogP) is 6.05. The second-order valence-electron chi connectivity index (χ2n) is 11.7. The van der Waals surface area contributed by atoms with Gasteiger partial charge in [0.15, 0.2) is 0 Å². The minimum Gasteiger partial charge on any atom is -0.369 e. The van der Waals surface area contributed by atoms with E-state index in [1.165, 1.54) is 12.1 Å². The van der Waals surface area contributed by atoms with Gasteiger partial charge in [-0.3, -0.25) is 4.90 Å². The van der Waals surface area contributed by atoms with Crippen LogP contribution in [0, 0.1) is 11.7 Å². The van der Waals surface area contributed by atoms with Crippen LogP contribution in [0.5, 0.6) is 0 Å². The first-order valence-corrected chi connectivity index (χ1v) is 13.5. The smallest absolute Gasteiger partial charge is 0.369 e. The van der Waals surface area contributed by atoms with Gasteiger partial charge >= 0.3 is 18.4 Å². The molecule has 1 aliphatic heterocycles. The van der Waals surface area contributed by atoms with E-state index in [-0.39, 0.29) is 17.1 Å². The van der Waals surface area contributed by atoms with E-state index < -0.39 is 35.4 Å². The maximum Gasteiger partial charge on any atom is 0.430 e. The van der Waals surface area contributed by atoms with E-state index in [1.807, 2.05) is 37.7 Å². The molecule has 1 fully saturated rings. The zero-order chi connectivity index (χ0) is 31.5. The maximum absolute atomic E-state index is 14.7. The molecule has 0 unspecified atom stereocenters. The van der Waals surface area contributed by atoms with Crippen LogP contribution in [0.15, 0.2) is 42.5 Å². The summed E-state index contributed by atoms with van der Waals surface area (Å²) in [5.41, 5.74) is -5.14. The lowest BCUT2D eigenvalue weighted by molar-refractivity contribution is -0.376. The maximum atomic E-state index is 14.7. The van der Waals surface area contributed by atoms with E-state index in [1.54, 1.807) is 6.07 Å². The molecule has 0 spiro atoms. The van der Waals surface area contributed by atoms with Crippen molar-refractivity contribution in [1.29, 1.82) is 0 Å². The first-order valence-electron chi connectivity index (χ1n) is 13.5. The summed E-state index contributed by atoms with van der Waals surface area (Å²) in [7, 11) is 3.80. The van der Waals surface area contributed by atoms with Crippen LogP contribution in [0.2, 0.25) is 0 Å². The first kappa shape index (κ1) is 33.6. The molecule has 234 valence electrons. The molecule has 1 heterocycles. The van der Waals surface area contributed by atoms with Crippen LogP contribution in [0.3, 0.4) is 0 Å². The molecule has 0 aromatic heterocycles. The number of carbonyl (C=O) groups excluding carboxylic acids is 1. The van der Waals surface area contributed by atoms with Gasteiger partial charge in [0.1, 0.15) is 5.82 Å². The van der Waals surface area contributed by atoms with Gasteiger partial charge in [0, 0.05) is 24.2 Å². The fourth-order valence-electron chi connectivity index (χ4n) is 4.69. The van der Waals surface area contributed by atoms with Crippen LogP contribution in [-0.4, -0.2) is 72.6 Å². The van der Waals surface area contributed by atoms with Crippen molar-refractivity contribution in [3.05, 3.63) is 65.0 Å². The lowest BCUT2D eigenvalue weighted by Crippen LogP contribution is -2.53. The van der Waals surface area contributed by atoms with Gasteiger partial charge in [-0.15, -0.1) is 0 Å². The fourth-order valence-corrected chi connectivity index (χ4v) is 4.69.